The Bertz CT molecular complexity index is 750. The zero-order chi connectivity index (χ0) is 15.5. The monoisotopic (exact) mass is 373 g/mol. The van der Waals surface area contributed by atoms with Crippen molar-refractivity contribution in [1.29, 1.82) is 0 Å². The Labute approximate surface area is 131 Å². The van der Waals surface area contributed by atoms with Crippen LogP contribution in [0.15, 0.2) is 51.8 Å². The molecule has 0 unspecified atom stereocenters. The van der Waals surface area contributed by atoms with Gasteiger partial charge in [0.25, 0.3) is 10.0 Å². The second-order valence-corrected chi connectivity index (χ2v) is 6.84. The summed E-state index contributed by atoms with van der Waals surface area (Å²) in [6.45, 7) is 0.252. The Morgan fingerprint density at radius 3 is 2.62 bits per heavy atom. The number of halogens is 2. The van der Waals surface area contributed by atoms with Gasteiger partial charge in [-0.2, -0.15) is 0 Å². The number of hydrogen-bond acceptors (Lipinski definition) is 3. The summed E-state index contributed by atoms with van der Waals surface area (Å²) in [6.07, 6.45) is 0. The van der Waals surface area contributed by atoms with E-state index in [2.05, 4.69) is 20.7 Å². The molecule has 0 saturated carbocycles. The van der Waals surface area contributed by atoms with Crippen molar-refractivity contribution in [1.82, 2.24) is 0 Å². The first kappa shape index (κ1) is 15.9. The molecule has 21 heavy (non-hydrogen) atoms. The van der Waals surface area contributed by atoms with Gasteiger partial charge in [0, 0.05) is 17.1 Å². The van der Waals surface area contributed by atoms with Gasteiger partial charge < -0.3 is 4.74 Å². The van der Waals surface area contributed by atoms with Crippen LogP contribution >= 0.6 is 15.9 Å². The fraction of sp³-hybridized carbons (Fsp3) is 0.143. The molecule has 0 aliphatic carbocycles. The Morgan fingerprint density at radius 1 is 1.24 bits per heavy atom. The summed E-state index contributed by atoms with van der Waals surface area (Å²) in [5.74, 6) is -0.818. The molecule has 7 heteroatoms. The van der Waals surface area contributed by atoms with Crippen molar-refractivity contribution in [2.75, 3.05) is 11.8 Å². The highest BCUT2D eigenvalue weighted by Gasteiger charge is 2.20. The van der Waals surface area contributed by atoms with Crippen LogP contribution in [0.25, 0.3) is 0 Å². The maximum absolute atomic E-state index is 13.8. The molecule has 1 N–H and O–H groups in total. The van der Waals surface area contributed by atoms with Gasteiger partial charge in [0.05, 0.1) is 12.3 Å². The number of rotatable bonds is 5. The summed E-state index contributed by atoms with van der Waals surface area (Å²) in [6, 6.07) is 10.6. The van der Waals surface area contributed by atoms with Crippen molar-refractivity contribution in [3.8, 4) is 0 Å². The summed E-state index contributed by atoms with van der Waals surface area (Å²) in [4.78, 5) is -0.405. The summed E-state index contributed by atoms with van der Waals surface area (Å²) in [5, 5.41) is 0. The molecule has 0 atom stereocenters. The molecule has 0 fully saturated rings. The van der Waals surface area contributed by atoms with E-state index in [1.165, 1.54) is 19.2 Å². The van der Waals surface area contributed by atoms with Crippen LogP contribution in [0.4, 0.5) is 10.1 Å². The van der Waals surface area contributed by atoms with E-state index in [1.807, 2.05) is 0 Å². The van der Waals surface area contributed by atoms with Crippen LogP contribution < -0.4 is 4.72 Å². The lowest BCUT2D eigenvalue weighted by Crippen LogP contribution is -2.15. The van der Waals surface area contributed by atoms with Crippen molar-refractivity contribution in [2.24, 2.45) is 0 Å². The second kappa shape index (κ2) is 6.55. The van der Waals surface area contributed by atoms with E-state index >= 15 is 0 Å². The number of hydrogen-bond donors (Lipinski definition) is 1. The quantitative estimate of drug-likeness (QED) is 0.871. The normalized spacial score (nSPS) is 11.4. The van der Waals surface area contributed by atoms with Crippen LogP contribution in [-0.2, 0) is 21.4 Å². The summed E-state index contributed by atoms with van der Waals surface area (Å²) in [7, 11) is -2.49. The number of anilines is 1. The fourth-order valence-electron chi connectivity index (χ4n) is 1.79. The average Bonchev–Trinajstić information content (AvgIpc) is 2.40. The molecule has 0 aromatic heterocycles. The molecule has 2 aromatic rings. The number of sulfonamides is 1. The van der Waals surface area contributed by atoms with Crippen LogP contribution in [0, 0.1) is 5.82 Å². The highest BCUT2D eigenvalue weighted by molar-refractivity contribution is 9.10. The van der Waals surface area contributed by atoms with Crippen molar-refractivity contribution < 1.29 is 17.5 Å². The van der Waals surface area contributed by atoms with Crippen molar-refractivity contribution in [2.45, 2.75) is 11.5 Å². The topological polar surface area (TPSA) is 55.4 Å². The lowest BCUT2D eigenvalue weighted by atomic mass is 10.2. The molecule has 112 valence electrons. The predicted molar refractivity (Wildman–Crippen MR) is 82.1 cm³/mol. The highest BCUT2D eigenvalue weighted by Crippen LogP contribution is 2.24. The van der Waals surface area contributed by atoms with E-state index in [0.717, 1.165) is 6.07 Å². The minimum absolute atomic E-state index is 0.252. The maximum atomic E-state index is 13.8. The lowest BCUT2D eigenvalue weighted by Gasteiger charge is -2.12. The van der Waals surface area contributed by atoms with E-state index in [1.54, 1.807) is 24.3 Å². The molecule has 0 aliphatic rings. The van der Waals surface area contributed by atoms with E-state index in [0.29, 0.717) is 15.7 Å². The summed E-state index contributed by atoms with van der Waals surface area (Å²) < 4.78 is 46.3. The molecule has 0 spiro atoms. The minimum Gasteiger partial charge on any atom is -0.380 e. The largest absolute Gasteiger partial charge is 0.380 e. The molecule has 0 aliphatic heterocycles. The zero-order valence-corrected chi connectivity index (χ0v) is 13.5. The van der Waals surface area contributed by atoms with Gasteiger partial charge in [0.15, 0.2) is 0 Å². The van der Waals surface area contributed by atoms with Crippen molar-refractivity contribution >= 4 is 31.6 Å². The van der Waals surface area contributed by atoms with E-state index in [-0.39, 0.29) is 6.61 Å². The van der Waals surface area contributed by atoms with Gasteiger partial charge in [0.2, 0.25) is 0 Å². The van der Waals surface area contributed by atoms with Crippen LogP contribution in [0.5, 0.6) is 0 Å². The molecule has 0 radical (unpaired) electrons. The first-order valence-electron chi connectivity index (χ1n) is 5.99. The Morgan fingerprint density at radius 2 is 1.95 bits per heavy atom. The predicted octanol–water partition coefficient (Wildman–Crippen LogP) is 3.54. The van der Waals surface area contributed by atoms with Gasteiger partial charge in [-0.05, 0) is 24.3 Å². The average molecular weight is 374 g/mol. The van der Waals surface area contributed by atoms with Crippen molar-refractivity contribution in [3.63, 3.8) is 0 Å². The van der Waals surface area contributed by atoms with E-state index < -0.39 is 20.7 Å². The maximum Gasteiger partial charge on any atom is 0.264 e. The number of benzene rings is 2. The SMILES string of the molecule is COCc1ccccc1NS(=O)(=O)c1ccc(Br)cc1F. The second-order valence-electron chi connectivity index (χ2n) is 4.27. The van der Waals surface area contributed by atoms with Gasteiger partial charge in [0.1, 0.15) is 10.7 Å². The molecular weight excluding hydrogens is 361 g/mol. The van der Waals surface area contributed by atoms with Crippen LogP contribution in [0.2, 0.25) is 0 Å². The first-order chi connectivity index (χ1) is 9.94. The molecule has 2 rings (SSSR count). The first-order valence-corrected chi connectivity index (χ1v) is 8.26. The Balaban J connectivity index is 2.38. The van der Waals surface area contributed by atoms with Crippen LogP contribution in [-0.4, -0.2) is 15.5 Å². The van der Waals surface area contributed by atoms with Gasteiger partial charge >= 0.3 is 0 Å². The Kier molecular flexibility index (Phi) is 4.97. The van der Waals surface area contributed by atoms with E-state index in [9.17, 15) is 12.8 Å². The zero-order valence-electron chi connectivity index (χ0n) is 11.1. The molecule has 0 saturated heterocycles. The van der Waals surface area contributed by atoms with Crippen molar-refractivity contribution in [3.05, 3.63) is 58.3 Å². The van der Waals surface area contributed by atoms with Gasteiger partial charge in [-0.15, -0.1) is 0 Å². The molecule has 0 heterocycles. The highest BCUT2D eigenvalue weighted by atomic mass is 79.9. The fourth-order valence-corrected chi connectivity index (χ4v) is 3.29. The lowest BCUT2D eigenvalue weighted by molar-refractivity contribution is 0.185. The van der Waals surface area contributed by atoms with Gasteiger partial charge in [-0.3, -0.25) is 4.72 Å². The van der Waals surface area contributed by atoms with Crippen LogP contribution in [0.3, 0.4) is 0 Å². The molecule has 4 nitrogen and oxygen atoms in total. The molecule has 2 aromatic carbocycles. The summed E-state index contributed by atoms with van der Waals surface area (Å²) in [5.41, 5.74) is 1.03. The minimum atomic E-state index is -4.00. The number of ether oxygens (including phenoxy) is 1. The third kappa shape index (κ3) is 3.81. The third-order valence-corrected chi connectivity index (χ3v) is 4.64. The number of methoxy groups -OCH3 is 1. The summed E-state index contributed by atoms with van der Waals surface area (Å²) >= 11 is 3.09. The third-order valence-electron chi connectivity index (χ3n) is 2.74. The smallest absolute Gasteiger partial charge is 0.264 e. The number of nitrogens with one attached hydrogen (secondary N) is 1. The molecule has 0 amide bonds. The molecule has 0 bridgehead atoms. The number of para-hydroxylation sites is 1. The van der Waals surface area contributed by atoms with E-state index in [4.69, 9.17) is 4.74 Å². The van der Waals surface area contributed by atoms with Crippen LogP contribution in [0.1, 0.15) is 5.56 Å². The van der Waals surface area contributed by atoms with Gasteiger partial charge in [-0.1, -0.05) is 34.1 Å². The Hall–Kier alpha value is -1.44. The standard InChI is InChI=1S/C14H13BrFNO3S/c1-20-9-10-4-2-3-5-13(10)17-21(18,19)14-7-6-11(15)8-12(14)16/h2-8,17H,9H2,1H3. The molecular formula is C14H13BrFNO3S. The van der Waals surface area contributed by atoms with Gasteiger partial charge in [-0.25, -0.2) is 12.8 Å².